The molecule has 1 unspecified atom stereocenters. The second kappa shape index (κ2) is 6.22. The lowest BCUT2D eigenvalue weighted by Crippen LogP contribution is -2.40. The zero-order valence-electron chi connectivity index (χ0n) is 12.0. The minimum Gasteiger partial charge on any atom is -0.268 e. The molecule has 116 valence electrons. The van der Waals surface area contributed by atoms with Crippen molar-refractivity contribution in [2.24, 2.45) is 0 Å². The number of fused-ring (bicyclic) bond motifs is 1. The standard InChI is InChI=1S/C16H17NO3S2/c18-21-12-11-17(15-8-4-5-9-16(15)21)22(19,20)13-10-14-6-2-1-3-7-14/h1-9H,10-13H2. The normalized spacial score (nSPS) is 18.0. The Balaban J connectivity index is 1.84. The molecule has 2 aromatic rings. The van der Waals surface area contributed by atoms with Gasteiger partial charge in [0.25, 0.3) is 0 Å². The van der Waals surface area contributed by atoms with Gasteiger partial charge >= 0.3 is 0 Å². The maximum absolute atomic E-state index is 12.7. The molecule has 0 spiro atoms. The summed E-state index contributed by atoms with van der Waals surface area (Å²) < 4.78 is 38.7. The fourth-order valence-electron chi connectivity index (χ4n) is 2.54. The first-order chi connectivity index (χ1) is 10.6. The smallest absolute Gasteiger partial charge is 0.235 e. The van der Waals surface area contributed by atoms with Gasteiger partial charge in [-0.05, 0) is 24.1 Å². The number of sulfonamides is 1. The third kappa shape index (κ3) is 3.08. The summed E-state index contributed by atoms with van der Waals surface area (Å²) in [6.45, 7) is 0.279. The van der Waals surface area contributed by atoms with Crippen molar-refractivity contribution in [1.82, 2.24) is 0 Å². The predicted octanol–water partition coefficient (Wildman–Crippen LogP) is 2.19. The van der Waals surface area contributed by atoms with Crippen LogP contribution in [0.25, 0.3) is 0 Å². The van der Waals surface area contributed by atoms with Crippen molar-refractivity contribution >= 4 is 26.5 Å². The van der Waals surface area contributed by atoms with E-state index in [1.54, 1.807) is 24.3 Å². The van der Waals surface area contributed by atoms with Gasteiger partial charge < -0.3 is 0 Å². The number of nitrogens with zero attached hydrogens (tertiary/aromatic N) is 1. The first-order valence-corrected chi connectivity index (χ1v) is 10.0. The molecule has 1 aliphatic rings. The molecule has 0 saturated carbocycles. The van der Waals surface area contributed by atoms with Crippen molar-refractivity contribution in [1.29, 1.82) is 0 Å². The van der Waals surface area contributed by atoms with Crippen LogP contribution in [0.1, 0.15) is 5.56 Å². The first kappa shape index (κ1) is 15.2. The molecular formula is C16H17NO3S2. The molecular weight excluding hydrogens is 318 g/mol. The van der Waals surface area contributed by atoms with Crippen LogP contribution in [0, 0.1) is 0 Å². The Hall–Kier alpha value is -1.66. The van der Waals surface area contributed by atoms with Gasteiger partial charge in [0.05, 0.1) is 27.1 Å². The van der Waals surface area contributed by atoms with E-state index in [4.69, 9.17) is 0 Å². The van der Waals surface area contributed by atoms with Crippen LogP contribution in [0.4, 0.5) is 5.69 Å². The first-order valence-electron chi connectivity index (χ1n) is 7.10. The Morgan fingerprint density at radius 3 is 2.45 bits per heavy atom. The molecule has 0 radical (unpaired) electrons. The molecule has 2 aromatic carbocycles. The zero-order valence-corrected chi connectivity index (χ0v) is 13.6. The van der Waals surface area contributed by atoms with Crippen molar-refractivity contribution in [3.05, 3.63) is 60.2 Å². The van der Waals surface area contributed by atoms with Crippen molar-refractivity contribution in [2.45, 2.75) is 11.3 Å². The van der Waals surface area contributed by atoms with Crippen LogP contribution >= 0.6 is 0 Å². The zero-order chi connectivity index (χ0) is 15.6. The van der Waals surface area contributed by atoms with E-state index in [-0.39, 0.29) is 12.3 Å². The van der Waals surface area contributed by atoms with Crippen LogP contribution in [0.5, 0.6) is 0 Å². The molecule has 0 aliphatic carbocycles. The maximum atomic E-state index is 12.7. The molecule has 0 amide bonds. The SMILES string of the molecule is O=S1CCN(S(=O)(=O)CCc2ccccc2)c2ccccc21. The Labute approximate surface area is 133 Å². The summed E-state index contributed by atoms with van der Waals surface area (Å²) in [5, 5.41) is 0. The molecule has 1 aliphatic heterocycles. The van der Waals surface area contributed by atoms with Gasteiger partial charge in [-0.2, -0.15) is 0 Å². The number of anilines is 1. The number of aryl methyl sites for hydroxylation is 1. The lowest BCUT2D eigenvalue weighted by Gasteiger charge is -2.29. The number of rotatable bonds is 4. The van der Waals surface area contributed by atoms with Gasteiger partial charge in [0.15, 0.2) is 0 Å². The quantitative estimate of drug-likeness (QED) is 0.860. The van der Waals surface area contributed by atoms with Crippen LogP contribution in [-0.2, 0) is 27.2 Å². The Morgan fingerprint density at radius 1 is 1.00 bits per heavy atom. The average Bonchev–Trinajstić information content (AvgIpc) is 2.54. The monoisotopic (exact) mass is 335 g/mol. The summed E-state index contributed by atoms with van der Waals surface area (Å²) >= 11 is 0. The highest BCUT2D eigenvalue weighted by Gasteiger charge is 2.29. The van der Waals surface area contributed by atoms with E-state index in [1.165, 1.54) is 4.31 Å². The highest BCUT2D eigenvalue weighted by Crippen LogP contribution is 2.30. The predicted molar refractivity (Wildman–Crippen MR) is 89.0 cm³/mol. The number of hydrogen-bond donors (Lipinski definition) is 0. The van der Waals surface area contributed by atoms with Gasteiger partial charge in [-0.3, -0.25) is 8.51 Å². The van der Waals surface area contributed by atoms with Gasteiger partial charge in [-0.1, -0.05) is 42.5 Å². The molecule has 3 rings (SSSR count). The molecule has 0 bridgehead atoms. The van der Waals surface area contributed by atoms with E-state index < -0.39 is 20.8 Å². The van der Waals surface area contributed by atoms with Gasteiger partial charge in [0.2, 0.25) is 10.0 Å². The Morgan fingerprint density at radius 2 is 1.68 bits per heavy atom. The molecule has 6 heteroatoms. The third-order valence-electron chi connectivity index (χ3n) is 3.69. The summed E-state index contributed by atoms with van der Waals surface area (Å²) in [5.41, 5.74) is 1.56. The molecule has 1 heterocycles. The number of hydrogen-bond acceptors (Lipinski definition) is 3. The van der Waals surface area contributed by atoms with E-state index in [2.05, 4.69) is 0 Å². The van der Waals surface area contributed by atoms with E-state index in [0.717, 1.165) is 5.56 Å². The van der Waals surface area contributed by atoms with Crippen LogP contribution in [0.2, 0.25) is 0 Å². The molecule has 1 atom stereocenters. The number of para-hydroxylation sites is 1. The molecule has 0 fully saturated rings. The van der Waals surface area contributed by atoms with Crippen LogP contribution in [-0.4, -0.2) is 30.7 Å². The number of benzene rings is 2. The van der Waals surface area contributed by atoms with Gasteiger partial charge in [-0.25, -0.2) is 8.42 Å². The molecule has 22 heavy (non-hydrogen) atoms. The molecule has 0 N–H and O–H groups in total. The van der Waals surface area contributed by atoms with Crippen LogP contribution < -0.4 is 4.31 Å². The topological polar surface area (TPSA) is 54.5 Å². The largest absolute Gasteiger partial charge is 0.268 e. The van der Waals surface area contributed by atoms with E-state index >= 15 is 0 Å². The summed E-state index contributed by atoms with van der Waals surface area (Å²) in [6.07, 6.45) is 0.477. The van der Waals surface area contributed by atoms with Crippen molar-refractivity contribution in [3.8, 4) is 0 Å². The maximum Gasteiger partial charge on any atom is 0.235 e. The van der Waals surface area contributed by atoms with Crippen molar-refractivity contribution in [2.75, 3.05) is 22.4 Å². The summed E-state index contributed by atoms with van der Waals surface area (Å²) in [4.78, 5) is 0.608. The van der Waals surface area contributed by atoms with Crippen LogP contribution in [0.3, 0.4) is 0 Å². The van der Waals surface area contributed by atoms with Gasteiger partial charge in [0, 0.05) is 12.3 Å². The third-order valence-corrected chi connectivity index (χ3v) is 6.85. The van der Waals surface area contributed by atoms with Gasteiger partial charge in [0.1, 0.15) is 0 Å². The highest BCUT2D eigenvalue weighted by molar-refractivity contribution is 7.93. The summed E-state index contributed by atoms with van der Waals surface area (Å²) in [7, 11) is -4.54. The average molecular weight is 335 g/mol. The van der Waals surface area contributed by atoms with E-state index in [0.29, 0.717) is 22.8 Å². The molecule has 4 nitrogen and oxygen atoms in total. The highest BCUT2D eigenvalue weighted by atomic mass is 32.2. The van der Waals surface area contributed by atoms with E-state index in [9.17, 15) is 12.6 Å². The fraction of sp³-hybridized carbons (Fsp3) is 0.250. The molecule has 0 saturated heterocycles. The van der Waals surface area contributed by atoms with Gasteiger partial charge in [-0.15, -0.1) is 0 Å². The minimum absolute atomic E-state index is 0.0536. The lowest BCUT2D eigenvalue weighted by molar-refractivity contribution is 0.590. The molecule has 0 aromatic heterocycles. The van der Waals surface area contributed by atoms with Crippen LogP contribution in [0.15, 0.2) is 59.5 Å². The lowest BCUT2D eigenvalue weighted by atomic mass is 10.2. The fourth-order valence-corrected chi connectivity index (χ4v) is 5.47. The summed E-state index contributed by atoms with van der Waals surface area (Å²) in [5.74, 6) is 0.402. The second-order valence-electron chi connectivity index (χ2n) is 5.14. The summed E-state index contributed by atoms with van der Waals surface area (Å²) in [6, 6.07) is 16.6. The second-order valence-corrected chi connectivity index (χ2v) is 8.69. The Kier molecular flexibility index (Phi) is 4.31. The van der Waals surface area contributed by atoms with Crippen molar-refractivity contribution in [3.63, 3.8) is 0 Å². The minimum atomic E-state index is -3.42. The van der Waals surface area contributed by atoms with Crippen molar-refractivity contribution < 1.29 is 12.6 Å². The Bertz CT molecular complexity index is 788. The van der Waals surface area contributed by atoms with E-state index in [1.807, 2.05) is 30.3 Å².